The number of carboxylic acid groups (broad SMARTS) is 1. The van der Waals surface area contributed by atoms with Crippen molar-refractivity contribution in [3.63, 3.8) is 0 Å². The van der Waals surface area contributed by atoms with Crippen LogP contribution in [0.4, 0.5) is 5.82 Å². The van der Waals surface area contributed by atoms with Crippen LogP contribution >= 0.6 is 23.2 Å². The molecule has 0 unspecified atom stereocenters. The van der Waals surface area contributed by atoms with E-state index in [-0.39, 0.29) is 21.6 Å². The van der Waals surface area contributed by atoms with E-state index >= 15 is 0 Å². The van der Waals surface area contributed by atoms with Gasteiger partial charge in [0.15, 0.2) is 5.69 Å². The lowest BCUT2D eigenvalue weighted by atomic mass is 10.3. The lowest BCUT2D eigenvalue weighted by molar-refractivity contribution is 0.0691. The van der Waals surface area contributed by atoms with Gasteiger partial charge in [0.2, 0.25) is 0 Å². The first-order valence-corrected chi connectivity index (χ1v) is 3.62. The zero-order valence-corrected chi connectivity index (χ0v) is 7.23. The number of anilines is 1. The van der Waals surface area contributed by atoms with Gasteiger partial charge in [-0.15, -0.1) is 0 Å². The molecule has 0 bridgehead atoms. The molecule has 0 aliphatic heterocycles. The first-order chi connectivity index (χ1) is 5.52. The van der Waals surface area contributed by atoms with E-state index in [4.69, 9.17) is 34.0 Å². The van der Waals surface area contributed by atoms with E-state index in [0.717, 1.165) is 0 Å². The van der Waals surface area contributed by atoms with Gasteiger partial charge in [-0.2, -0.15) is 0 Å². The lowest BCUT2D eigenvalue weighted by Gasteiger charge is -2.00. The van der Waals surface area contributed by atoms with Crippen LogP contribution in [0.25, 0.3) is 0 Å². The van der Waals surface area contributed by atoms with Gasteiger partial charge in [-0.1, -0.05) is 23.2 Å². The minimum Gasteiger partial charge on any atom is -0.476 e. The second kappa shape index (κ2) is 3.16. The molecule has 64 valence electrons. The number of rotatable bonds is 1. The van der Waals surface area contributed by atoms with Gasteiger partial charge < -0.3 is 10.8 Å². The van der Waals surface area contributed by atoms with Crippen LogP contribution in [0.15, 0.2) is 6.07 Å². The Kier molecular flexibility index (Phi) is 2.40. The molecule has 1 aromatic rings. The standard InChI is InChI=1S/C6H4Cl2N2O2/c7-2-1-3(8)5(9)10-4(2)6(11)12/h1H,(H2,9,10)(H,11,12). The summed E-state index contributed by atoms with van der Waals surface area (Å²) in [5.41, 5.74) is 4.97. The Morgan fingerprint density at radius 3 is 2.58 bits per heavy atom. The molecule has 0 saturated heterocycles. The number of pyridine rings is 1. The van der Waals surface area contributed by atoms with Crippen LogP contribution in [-0.2, 0) is 0 Å². The molecular weight excluding hydrogens is 203 g/mol. The van der Waals surface area contributed by atoms with Crippen molar-refractivity contribution in [1.82, 2.24) is 4.98 Å². The maximum Gasteiger partial charge on any atom is 0.356 e. The summed E-state index contributed by atoms with van der Waals surface area (Å²) in [6.45, 7) is 0. The van der Waals surface area contributed by atoms with Crippen molar-refractivity contribution < 1.29 is 9.90 Å². The highest BCUT2D eigenvalue weighted by molar-refractivity contribution is 6.37. The molecule has 12 heavy (non-hydrogen) atoms. The predicted octanol–water partition coefficient (Wildman–Crippen LogP) is 1.67. The maximum atomic E-state index is 10.4. The molecule has 4 nitrogen and oxygen atoms in total. The number of aromatic nitrogens is 1. The summed E-state index contributed by atoms with van der Waals surface area (Å²) in [5, 5.41) is 8.65. The molecule has 1 aromatic heterocycles. The van der Waals surface area contributed by atoms with Crippen molar-refractivity contribution in [3.05, 3.63) is 21.8 Å². The fourth-order valence-corrected chi connectivity index (χ4v) is 1.07. The number of halogens is 2. The van der Waals surface area contributed by atoms with E-state index in [2.05, 4.69) is 4.98 Å². The number of hydrogen-bond donors (Lipinski definition) is 2. The Balaban J connectivity index is 3.33. The largest absolute Gasteiger partial charge is 0.476 e. The Bertz CT molecular complexity index is 341. The average Bonchev–Trinajstić information content (AvgIpc) is 1.96. The zero-order chi connectivity index (χ0) is 9.30. The van der Waals surface area contributed by atoms with Crippen LogP contribution in [-0.4, -0.2) is 16.1 Å². The van der Waals surface area contributed by atoms with Crippen molar-refractivity contribution in [2.45, 2.75) is 0 Å². The number of hydrogen-bond acceptors (Lipinski definition) is 3. The Morgan fingerprint density at radius 2 is 2.08 bits per heavy atom. The number of aromatic carboxylic acids is 1. The number of carbonyl (C=O) groups is 1. The smallest absolute Gasteiger partial charge is 0.356 e. The molecule has 1 heterocycles. The van der Waals surface area contributed by atoms with Gasteiger partial charge in [0.25, 0.3) is 0 Å². The molecule has 0 atom stereocenters. The van der Waals surface area contributed by atoms with Crippen LogP contribution in [0.3, 0.4) is 0 Å². The Morgan fingerprint density at radius 1 is 1.50 bits per heavy atom. The quantitative estimate of drug-likeness (QED) is 0.734. The maximum absolute atomic E-state index is 10.4. The molecule has 0 amide bonds. The first-order valence-electron chi connectivity index (χ1n) is 2.87. The van der Waals surface area contributed by atoms with Crippen LogP contribution in [0.2, 0.25) is 10.0 Å². The van der Waals surface area contributed by atoms with E-state index in [0.29, 0.717) is 0 Å². The highest BCUT2D eigenvalue weighted by Crippen LogP contribution is 2.23. The highest BCUT2D eigenvalue weighted by Gasteiger charge is 2.12. The number of carboxylic acids is 1. The molecule has 1 rings (SSSR count). The van der Waals surface area contributed by atoms with Crippen molar-refractivity contribution >= 4 is 35.0 Å². The lowest BCUT2D eigenvalue weighted by Crippen LogP contribution is -2.04. The second-order valence-corrected chi connectivity index (χ2v) is 2.81. The first kappa shape index (κ1) is 9.09. The molecule has 0 aliphatic carbocycles. The second-order valence-electron chi connectivity index (χ2n) is 1.99. The summed E-state index contributed by atoms with van der Waals surface area (Å²) in [7, 11) is 0. The van der Waals surface area contributed by atoms with Crippen LogP contribution in [0, 0.1) is 0 Å². The zero-order valence-electron chi connectivity index (χ0n) is 5.71. The summed E-state index contributed by atoms with van der Waals surface area (Å²) >= 11 is 11.0. The molecule has 0 radical (unpaired) electrons. The Labute approximate surface area is 77.9 Å². The molecular formula is C6H4Cl2N2O2. The highest BCUT2D eigenvalue weighted by atomic mass is 35.5. The molecule has 0 aliphatic rings. The average molecular weight is 207 g/mol. The van der Waals surface area contributed by atoms with Crippen molar-refractivity contribution in [1.29, 1.82) is 0 Å². The van der Waals surface area contributed by atoms with Crippen molar-refractivity contribution in [3.8, 4) is 0 Å². The SMILES string of the molecule is Nc1nc(C(=O)O)c(Cl)cc1Cl. The third-order valence-corrected chi connectivity index (χ3v) is 1.75. The van der Waals surface area contributed by atoms with Gasteiger partial charge in [-0.3, -0.25) is 0 Å². The summed E-state index contributed by atoms with van der Waals surface area (Å²) in [6, 6.07) is 1.24. The van der Waals surface area contributed by atoms with Crippen molar-refractivity contribution in [2.24, 2.45) is 0 Å². The number of nitrogen functional groups attached to an aromatic ring is 1. The van der Waals surface area contributed by atoms with E-state index in [1.807, 2.05) is 0 Å². The van der Waals surface area contributed by atoms with Crippen LogP contribution in [0.1, 0.15) is 10.5 Å². The van der Waals surface area contributed by atoms with Gasteiger partial charge in [0.1, 0.15) is 5.82 Å². The van der Waals surface area contributed by atoms with Crippen LogP contribution < -0.4 is 5.73 Å². The van der Waals surface area contributed by atoms with Gasteiger partial charge >= 0.3 is 5.97 Å². The topological polar surface area (TPSA) is 76.2 Å². The fourth-order valence-electron chi connectivity index (χ4n) is 0.631. The van der Waals surface area contributed by atoms with Gasteiger partial charge in [-0.25, -0.2) is 9.78 Å². The molecule has 0 saturated carbocycles. The molecule has 6 heteroatoms. The third-order valence-electron chi connectivity index (χ3n) is 1.16. The summed E-state index contributed by atoms with van der Waals surface area (Å²) in [5.74, 6) is -1.28. The Hall–Kier alpha value is -1.000. The fraction of sp³-hybridized carbons (Fsp3) is 0. The van der Waals surface area contributed by atoms with Crippen LogP contribution in [0.5, 0.6) is 0 Å². The molecule has 3 N–H and O–H groups in total. The summed E-state index contributed by atoms with van der Waals surface area (Å²) < 4.78 is 0. The predicted molar refractivity (Wildman–Crippen MR) is 45.6 cm³/mol. The monoisotopic (exact) mass is 206 g/mol. The van der Waals surface area contributed by atoms with E-state index < -0.39 is 5.97 Å². The molecule has 0 spiro atoms. The van der Waals surface area contributed by atoms with Gasteiger partial charge in [0, 0.05) is 0 Å². The molecule has 0 fully saturated rings. The van der Waals surface area contributed by atoms with E-state index in [9.17, 15) is 4.79 Å². The van der Waals surface area contributed by atoms with Gasteiger partial charge in [0.05, 0.1) is 10.0 Å². The normalized spacial score (nSPS) is 9.83. The van der Waals surface area contributed by atoms with Crippen molar-refractivity contribution in [2.75, 3.05) is 5.73 Å². The van der Waals surface area contributed by atoms with Gasteiger partial charge in [-0.05, 0) is 6.07 Å². The molecule has 0 aromatic carbocycles. The number of nitrogens with zero attached hydrogens (tertiary/aromatic N) is 1. The summed E-state index contributed by atoms with van der Waals surface area (Å²) in [6.07, 6.45) is 0. The van der Waals surface area contributed by atoms with E-state index in [1.165, 1.54) is 6.07 Å². The summed E-state index contributed by atoms with van der Waals surface area (Å²) in [4.78, 5) is 13.9. The minimum atomic E-state index is -1.23. The third kappa shape index (κ3) is 1.60. The minimum absolute atomic E-state index is 0.0262. The number of nitrogens with two attached hydrogens (primary N) is 1. The van der Waals surface area contributed by atoms with E-state index in [1.54, 1.807) is 0 Å².